The molecule has 1 N–H and O–H groups in total. The monoisotopic (exact) mass is 359 g/mol. The summed E-state index contributed by atoms with van der Waals surface area (Å²) in [6.07, 6.45) is 0. The second-order valence-corrected chi connectivity index (χ2v) is 6.36. The predicted molar refractivity (Wildman–Crippen MR) is 102 cm³/mol. The van der Waals surface area contributed by atoms with Crippen molar-refractivity contribution in [2.75, 3.05) is 50.1 Å². The van der Waals surface area contributed by atoms with Gasteiger partial charge in [-0.15, -0.1) is 0 Å². The highest BCUT2D eigenvalue weighted by Crippen LogP contribution is 2.20. The molecule has 0 aliphatic carbocycles. The van der Waals surface area contributed by atoms with Crippen LogP contribution in [0.4, 0.5) is 11.4 Å². The summed E-state index contributed by atoms with van der Waals surface area (Å²) in [5.74, 6) is 0.968. The molecule has 25 heavy (non-hydrogen) atoms. The van der Waals surface area contributed by atoms with Gasteiger partial charge in [0.1, 0.15) is 5.75 Å². The Balaban J connectivity index is 1.47. The molecule has 0 radical (unpaired) electrons. The van der Waals surface area contributed by atoms with Crippen LogP contribution in [0.25, 0.3) is 0 Å². The molecule has 2 aromatic carbocycles. The van der Waals surface area contributed by atoms with Gasteiger partial charge >= 0.3 is 0 Å². The van der Waals surface area contributed by atoms with Gasteiger partial charge in [-0.2, -0.15) is 0 Å². The van der Waals surface area contributed by atoms with Crippen LogP contribution >= 0.6 is 11.6 Å². The zero-order valence-corrected chi connectivity index (χ0v) is 15.0. The third-order valence-corrected chi connectivity index (χ3v) is 4.61. The van der Waals surface area contributed by atoms with E-state index in [1.165, 1.54) is 0 Å². The Labute approximate surface area is 153 Å². The summed E-state index contributed by atoms with van der Waals surface area (Å²) in [7, 11) is 1.66. The lowest BCUT2D eigenvalue weighted by Crippen LogP contribution is -2.50. The normalized spacial score (nSPS) is 14.3. The number of nitrogens with zero attached hydrogens (tertiary/aromatic N) is 2. The maximum absolute atomic E-state index is 12.4. The lowest BCUT2D eigenvalue weighted by Gasteiger charge is -2.36. The van der Waals surface area contributed by atoms with Crippen LogP contribution in [-0.4, -0.2) is 50.6 Å². The number of benzene rings is 2. The standard InChI is InChI=1S/C19H22ClN3O2/c1-25-18-8-6-17(7-9-18)22-10-12-23(13-11-22)19(24)14-21-16-4-2-15(20)3-5-16/h2-9,21H,10-14H2,1H3. The summed E-state index contributed by atoms with van der Waals surface area (Å²) in [5.41, 5.74) is 2.06. The average Bonchev–Trinajstić information content (AvgIpc) is 2.67. The smallest absolute Gasteiger partial charge is 0.241 e. The van der Waals surface area contributed by atoms with Crippen molar-refractivity contribution < 1.29 is 9.53 Å². The van der Waals surface area contributed by atoms with Crippen LogP contribution in [0.1, 0.15) is 0 Å². The molecule has 0 aromatic heterocycles. The molecule has 1 fully saturated rings. The van der Waals surface area contributed by atoms with Gasteiger partial charge in [0, 0.05) is 42.6 Å². The topological polar surface area (TPSA) is 44.8 Å². The lowest BCUT2D eigenvalue weighted by molar-refractivity contribution is -0.129. The van der Waals surface area contributed by atoms with Gasteiger partial charge in [-0.05, 0) is 48.5 Å². The highest BCUT2D eigenvalue weighted by molar-refractivity contribution is 6.30. The van der Waals surface area contributed by atoms with Gasteiger partial charge < -0.3 is 19.9 Å². The number of methoxy groups -OCH3 is 1. The summed E-state index contributed by atoms with van der Waals surface area (Å²) in [6.45, 7) is 3.42. The minimum Gasteiger partial charge on any atom is -0.497 e. The van der Waals surface area contributed by atoms with Gasteiger partial charge in [0.25, 0.3) is 0 Å². The molecular weight excluding hydrogens is 338 g/mol. The molecular formula is C19H22ClN3O2. The van der Waals surface area contributed by atoms with Crippen molar-refractivity contribution in [3.05, 3.63) is 53.6 Å². The van der Waals surface area contributed by atoms with E-state index in [9.17, 15) is 4.79 Å². The molecule has 0 spiro atoms. The number of hydrogen-bond donors (Lipinski definition) is 1. The van der Waals surface area contributed by atoms with Gasteiger partial charge in [0.2, 0.25) is 5.91 Å². The van der Waals surface area contributed by atoms with Crippen LogP contribution in [0.3, 0.4) is 0 Å². The van der Waals surface area contributed by atoms with Crippen molar-refractivity contribution >= 4 is 28.9 Å². The molecule has 132 valence electrons. The number of anilines is 2. The molecule has 1 heterocycles. The second kappa shape index (κ2) is 8.12. The molecule has 1 saturated heterocycles. The first-order valence-electron chi connectivity index (χ1n) is 8.32. The molecule has 1 amide bonds. The number of piperazine rings is 1. The van der Waals surface area contributed by atoms with Gasteiger partial charge in [-0.3, -0.25) is 4.79 Å². The van der Waals surface area contributed by atoms with Gasteiger partial charge in [0.15, 0.2) is 0 Å². The Bertz CT molecular complexity index is 696. The average molecular weight is 360 g/mol. The first-order chi connectivity index (χ1) is 12.2. The largest absolute Gasteiger partial charge is 0.497 e. The van der Waals surface area contributed by atoms with E-state index in [-0.39, 0.29) is 5.91 Å². The van der Waals surface area contributed by atoms with Crippen molar-refractivity contribution in [1.82, 2.24) is 4.90 Å². The second-order valence-electron chi connectivity index (χ2n) is 5.93. The van der Waals surface area contributed by atoms with E-state index in [4.69, 9.17) is 16.3 Å². The van der Waals surface area contributed by atoms with Crippen molar-refractivity contribution in [3.8, 4) is 5.75 Å². The van der Waals surface area contributed by atoms with Crippen LogP contribution in [0, 0.1) is 0 Å². The molecule has 3 rings (SSSR count). The highest BCUT2D eigenvalue weighted by atomic mass is 35.5. The molecule has 2 aromatic rings. The number of amides is 1. The SMILES string of the molecule is COc1ccc(N2CCN(C(=O)CNc3ccc(Cl)cc3)CC2)cc1. The molecule has 0 bridgehead atoms. The zero-order valence-electron chi connectivity index (χ0n) is 14.2. The first-order valence-corrected chi connectivity index (χ1v) is 8.70. The summed E-state index contributed by atoms with van der Waals surface area (Å²) in [6, 6.07) is 15.4. The molecule has 6 heteroatoms. The number of rotatable bonds is 5. The van der Waals surface area contributed by atoms with Crippen LogP contribution in [0.5, 0.6) is 5.75 Å². The number of nitrogens with one attached hydrogen (secondary N) is 1. The number of carbonyl (C=O) groups excluding carboxylic acids is 1. The summed E-state index contributed by atoms with van der Waals surface area (Å²) in [4.78, 5) is 16.6. The van der Waals surface area contributed by atoms with Crippen LogP contribution in [-0.2, 0) is 4.79 Å². The van der Waals surface area contributed by atoms with E-state index in [0.717, 1.165) is 43.3 Å². The number of hydrogen-bond acceptors (Lipinski definition) is 4. The van der Waals surface area contributed by atoms with Crippen LogP contribution in [0.15, 0.2) is 48.5 Å². The summed E-state index contributed by atoms with van der Waals surface area (Å²) in [5, 5.41) is 3.83. The molecule has 1 aliphatic heterocycles. The van der Waals surface area contributed by atoms with Crippen molar-refractivity contribution in [2.24, 2.45) is 0 Å². The first kappa shape index (κ1) is 17.4. The Kier molecular flexibility index (Phi) is 5.66. The molecule has 0 atom stereocenters. The Morgan fingerprint density at radius 1 is 1.04 bits per heavy atom. The third kappa shape index (κ3) is 4.57. The Morgan fingerprint density at radius 3 is 2.28 bits per heavy atom. The van der Waals surface area contributed by atoms with E-state index < -0.39 is 0 Å². The van der Waals surface area contributed by atoms with E-state index in [2.05, 4.69) is 22.3 Å². The third-order valence-electron chi connectivity index (χ3n) is 4.36. The van der Waals surface area contributed by atoms with Crippen molar-refractivity contribution in [3.63, 3.8) is 0 Å². The van der Waals surface area contributed by atoms with Gasteiger partial charge in [-0.25, -0.2) is 0 Å². The van der Waals surface area contributed by atoms with E-state index in [0.29, 0.717) is 11.6 Å². The molecule has 1 aliphatic rings. The van der Waals surface area contributed by atoms with Crippen LogP contribution in [0.2, 0.25) is 5.02 Å². The van der Waals surface area contributed by atoms with E-state index in [1.54, 1.807) is 7.11 Å². The van der Waals surface area contributed by atoms with E-state index >= 15 is 0 Å². The van der Waals surface area contributed by atoms with E-state index in [1.807, 2.05) is 41.3 Å². The minimum absolute atomic E-state index is 0.115. The Morgan fingerprint density at radius 2 is 1.68 bits per heavy atom. The fraction of sp³-hybridized carbons (Fsp3) is 0.316. The maximum atomic E-state index is 12.4. The number of halogens is 1. The van der Waals surface area contributed by atoms with Crippen molar-refractivity contribution in [2.45, 2.75) is 0 Å². The van der Waals surface area contributed by atoms with Crippen molar-refractivity contribution in [1.29, 1.82) is 0 Å². The van der Waals surface area contributed by atoms with Crippen LogP contribution < -0.4 is 15.0 Å². The summed E-state index contributed by atoms with van der Waals surface area (Å²) >= 11 is 5.86. The minimum atomic E-state index is 0.115. The van der Waals surface area contributed by atoms with Gasteiger partial charge in [0.05, 0.1) is 13.7 Å². The number of ether oxygens (including phenoxy) is 1. The molecule has 5 nitrogen and oxygen atoms in total. The fourth-order valence-corrected chi connectivity index (χ4v) is 2.99. The zero-order chi connectivity index (χ0) is 17.6. The maximum Gasteiger partial charge on any atom is 0.241 e. The molecule has 0 saturated carbocycles. The van der Waals surface area contributed by atoms with Gasteiger partial charge in [-0.1, -0.05) is 11.6 Å². The Hall–Kier alpha value is -2.40. The predicted octanol–water partition coefficient (Wildman–Crippen LogP) is 3.11. The quantitative estimate of drug-likeness (QED) is 0.891. The lowest BCUT2D eigenvalue weighted by atomic mass is 10.2. The summed E-state index contributed by atoms with van der Waals surface area (Å²) < 4.78 is 5.19. The molecule has 0 unspecified atom stereocenters. The highest BCUT2D eigenvalue weighted by Gasteiger charge is 2.21. The fourth-order valence-electron chi connectivity index (χ4n) is 2.86. The number of carbonyl (C=O) groups is 1.